The molecule has 0 aliphatic rings. The maximum atomic E-state index is 10.2. The molecule has 0 heterocycles. The number of rotatable bonds is 5. The van der Waals surface area contributed by atoms with Gasteiger partial charge in [-0.3, -0.25) is 0 Å². The lowest BCUT2D eigenvalue weighted by molar-refractivity contribution is -0.299. The molecule has 4 heteroatoms. The van der Waals surface area contributed by atoms with E-state index in [2.05, 4.69) is 26.2 Å². The number of hydrogen-bond donors (Lipinski definition) is 0. The quantitative estimate of drug-likeness (QED) is 0.466. The third-order valence-electron chi connectivity index (χ3n) is 1.23. The van der Waals surface area contributed by atoms with Gasteiger partial charge in [0.25, 0.3) is 0 Å². The lowest BCUT2D eigenvalue weighted by atomic mass is 10.2. The smallest absolute Gasteiger partial charge is 0.183 e. The van der Waals surface area contributed by atoms with E-state index in [0.29, 0.717) is 13.0 Å². The largest absolute Gasteiger partial charge is 0.545 e. The third kappa shape index (κ3) is 6.12. The first-order valence-electron chi connectivity index (χ1n) is 3.86. The fourth-order valence-corrected chi connectivity index (χ4v) is 1.30. The highest BCUT2D eigenvalue weighted by molar-refractivity contribution is 6.69. The summed E-state index contributed by atoms with van der Waals surface area (Å²) in [5.41, 5.74) is 0.105. The first kappa shape index (κ1) is 11.4. The second-order valence-corrected chi connectivity index (χ2v) is 8.12. The minimum absolute atomic E-state index is 0.105. The number of carboxylic acid groups (broad SMARTS) is 1. The Morgan fingerprint density at radius 2 is 2.00 bits per heavy atom. The highest BCUT2D eigenvalue weighted by atomic mass is 28.4. The topological polar surface area (TPSA) is 49.4 Å². The summed E-state index contributed by atoms with van der Waals surface area (Å²) in [6.45, 7) is 9.93. The predicted octanol–water partition coefficient (Wildman–Crippen LogP) is 0.534. The van der Waals surface area contributed by atoms with Crippen LogP contribution in [-0.2, 0) is 9.22 Å². The van der Waals surface area contributed by atoms with Gasteiger partial charge in [0.1, 0.15) is 0 Å². The van der Waals surface area contributed by atoms with Crippen molar-refractivity contribution >= 4 is 14.3 Å². The summed E-state index contributed by atoms with van der Waals surface area (Å²) in [6.07, 6.45) is 0.354. The average molecular weight is 187 g/mol. The number of carbonyl (C=O) groups excluding carboxylic acids is 1. The van der Waals surface area contributed by atoms with E-state index in [1.807, 2.05) is 0 Å². The van der Waals surface area contributed by atoms with Gasteiger partial charge in [-0.25, -0.2) is 0 Å². The minimum atomic E-state index is -1.51. The van der Waals surface area contributed by atoms with E-state index >= 15 is 0 Å². The van der Waals surface area contributed by atoms with Crippen LogP contribution in [0.4, 0.5) is 0 Å². The molecule has 0 aromatic carbocycles. The maximum absolute atomic E-state index is 10.2. The number of aliphatic carboxylic acids is 1. The zero-order valence-corrected chi connectivity index (χ0v) is 8.85. The van der Waals surface area contributed by atoms with Crippen molar-refractivity contribution in [3.8, 4) is 0 Å². The molecule has 0 radical (unpaired) electrons. The number of carboxylic acids is 1. The number of hydrogen-bond acceptors (Lipinski definition) is 3. The molecular weight excluding hydrogens is 172 g/mol. The molecule has 3 nitrogen and oxygen atoms in total. The van der Waals surface area contributed by atoms with Crippen LogP contribution in [0.25, 0.3) is 0 Å². The first-order chi connectivity index (χ1) is 5.33. The fraction of sp³-hybridized carbons (Fsp3) is 0.625. The summed E-state index contributed by atoms with van der Waals surface area (Å²) in [5.74, 6) is -1.19. The van der Waals surface area contributed by atoms with Gasteiger partial charge < -0.3 is 14.3 Å². The maximum Gasteiger partial charge on any atom is 0.183 e. The van der Waals surface area contributed by atoms with Crippen LogP contribution in [0.2, 0.25) is 19.6 Å². The van der Waals surface area contributed by atoms with Gasteiger partial charge in [0.05, 0.1) is 5.97 Å². The van der Waals surface area contributed by atoms with Gasteiger partial charge in [-0.15, -0.1) is 0 Å². The zero-order valence-electron chi connectivity index (χ0n) is 7.85. The molecule has 0 atom stereocenters. The molecule has 70 valence electrons. The van der Waals surface area contributed by atoms with Crippen LogP contribution in [0.15, 0.2) is 12.2 Å². The normalized spacial score (nSPS) is 11.2. The fourth-order valence-electron chi connectivity index (χ4n) is 0.582. The Morgan fingerprint density at radius 1 is 1.50 bits per heavy atom. The minimum Gasteiger partial charge on any atom is -0.545 e. The Morgan fingerprint density at radius 3 is 2.33 bits per heavy atom. The van der Waals surface area contributed by atoms with Gasteiger partial charge in [0.2, 0.25) is 0 Å². The lowest BCUT2D eigenvalue weighted by Gasteiger charge is -2.17. The van der Waals surface area contributed by atoms with Crippen molar-refractivity contribution in [2.75, 3.05) is 6.61 Å². The lowest BCUT2D eigenvalue weighted by Crippen LogP contribution is -2.28. The molecule has 0 N–H and O–H groups in total. The summed E-state index contributed by atoms with van der Waals surface area (Å²) in [5, 5.41) is 10.2. The van der Waals surface area contributed by atoms with E-state index in [4.69, 9.17) is 4.43 Å². The van der Waals surface area contributed by atoms with Gasteiger partial charge in [-0.05, 0) is 31.6 Å². The monoisotopic (exact) mass is 187 g/mol. The summed E-state index contributed by atoms with van der Waals surface area (Å²) in [6, 6.07) is 0. The predicted molar refractivity (Wildman–Crippen MR) is 48.1 cm³/mol. The molecule has 0 aliphatic heterocycles. The van der Waals surface area contributed by atoms with Gasteiger partial charge >= 0.3 is 0 Å². The van der Waals surface area contributed by atoms with E-state index in [1.54, 1.807) is 0 Å². The highest BCUT2D eigenvalue weighted by Gasteiger charge is 2.13. The molecule has 12 heavy (non-hydrogen) atoms. The molecule has 0 aromatic rings. The molecule has 0 unspecified atom stereocenters. The summed E-state index contributed by atoms with van der Waals surface area (Å²) in [7, 11) is -1.51. The van der Waals surface area contributed by atoms with Gasteiger partial charge in [-0.1, -0.05) is 6.58 Å². The Kier molecular flexibility index (Phi) is 4.20. The molecule has 0 bridgehead atoms. The Balaban J connectivity index is 3.58. The second-order valence-electron chi connectivity index (χ2n) is 3.60. The van der Waals surface area contributed by atoms with E-state index < -0.39 is 14.3 Å². The van der Waals surface area contributed by atoms with Crippen molar-refractivity contribution in [1.82, 2.24) is 0 Å². The first-order valence-corrected chi connectivity index (χ1v) is 7.27. The summed E-state index contributed by atoms with van der Waals surface area (Å²) >= 11 is 0. The van der Waals surface area contributed by atoms with Crippen molar-refractivity contribution < 1.29 is 14.3 Å². The van der Waals surface area contributed by atoms with Crippen LogP contribution < -0.4 is 5.11 Å². The Hall–Kier alpha value is -0.613. The van der Waals surface area contributed by atoms with E-state index in [9.17, 15) is 9.90 Å². The molecule has 0 aliphatic carbocycles. The van der Waals surface area contributed by atoms with Crippen molar-refractivity contribution in [2.45, 2.75) is 26.1 Å². The van der Waals surface area contributed by atoms with Crippen molar-refractivity contribution in [2.24, 2.45) is 0 Å². The Labute approximate surface area is 74.2 Å². The summed E-state index contributed by atoms with van der Waals surface area (Å²) < 4.78 is 5.44. The van der Waals surface area contributed by atoms with Crippen LogP contribution in [0.5, 0.6) is 0 Å². The molecule has 0 rings (SSSR count). The molecule has 0 saturated carbocycles. The van der Waals surface area contributed by atoms with E-state index in [-0.39, 0.29) is 5.57 Å². The van der Waals surface area contributed by atoms with Crippen molar-refractivity contribution in [3.05, 3.63) is 12.2 Å². The van der Waals surface area contributed by atoms with Crippen LogP contribution >= 0.6 is 0 Å². The second kappa shape index (κ2) is 4.42. The van der Waals surface area contributed by atoms with Gasteiger partial charge in [-0.2, -0.15) is 0 Å². The third-order valence-corrected chi connectivity index (χ3v) is 2.30. The van der Waals surface area contributed by atoms with Gasteiger partial charge in [0.15, 0.2) is 8.32 Å². The van der Waals surface area contributed by atoms with Crippen LogP contribution in [-0.4, -0.2) is 20.9 Å². The number of carbonyl (C=O) groups is 1. The van der Waals surface area contributed by atoms with E-state index in [0.717, 1.165) is 0 Å². The van der Waals surface area contributed by atoms with E-state index in [1.165, 1.54) is 0 Å². The molecule has 0 aromatic heterocycles. The Bertz CT molecular complexity index is 181. The molecular formula is C8H15O3Si-. The average Bonchev–Trinajstić information content (AvgIpc) is 1.84. The molecule has 0 amide bonds. The SMILES string of the molecule is C=C(CCO[Si](C)(C)C)C(=O)[O-]. The summed E-state index contributed by atoms with van der Waals surface area (Å²) in [4.78, 5) is 10.2. The molecule has 0 fully saturated rings. The zero-order chi connectivity index (χ0) is 9.78. The standard InChI is InChI=1S/C8H16O3Si/c1-7(8(9)10)5-6-11-12(2,3)4/h1,5-6H2,2-4H3,(H,9,10)/p-1. The highest BCUT2D eigenvalue weighted by Crippen LogP contribution is 2.05. The van der Waals surface area contributed by atoms with Crippen LogP contribution in [0.3, 0.4) is 0 Å². The van der Waals surface area contributed by atoms with Gasteiger partial charge in [0, 0.05) is 6.61 Å². The van der Waals surface area contributed by atoms with Crippen molar-refractivity contribution in [3.63, 3.8) is 0 Å². The van der Waals surface area contributed by atoms with Crippen molar-refractivity contribution in [1.29, 1.82) is 0 Å². The molecule has 0 saturated heterocycles. The van der Waals surface area contributed by atoms with Crippen LogP contribution in [0.1, 0.15) is 6.42 Å². The molecule has 0 spiro atoms. The van der Waals surface area contributed by atoms with Crippen LogP contribution in [0, 0.1) is 0 Å².